The van der Waals surface area contributed by atoms with Gasteiger partial charge in [0.1, 0.15) is 5.75 Å². The fourth-order valence-corrected chi connectivity index (χ4v) is 1.81. The standard InChI is InChI=1S/C14H23NO2/c1-3-15(10-7-11-16)12-13-8-5-6-9-14(13)17-4-2/h5-6,8-9,16H,3-4,7,10-12H2,1-2H3. The molecule has 0 saturated carbocycles. The highest BCUT2D eigenvalue weighted by Crippen LogP contribution is 2.19. The van der Waals surface area contributed by atoms with Crippen molar-refractivity contribution in [2.75, 3.05) is 26.3 Å². The Bertz CT molecular complexity index is 315. The van der Waals surface area contributed by atoms with Crippen molar-refractivity contribution >= 4 is 0 Å². The number of ether oxygens (including phenoxy) is 1. The van der Waals surface area contributed by atoms with Crippen molar-refractivity contribution in [2.45, 2.75) is 26.8 Å². The summed E-state index contributed by atoms with van der Waals surface area (Å²) in [6.45, 7) is 7.88. The molecule has 0 bridgehead atoms. The molecule has 96 valence electrons. The van der Waals surface area contributed by atoms with E-state index in [9.17, 15) is 0 Å². The molecule has 0 aliphatic rings. The third kappa shape index (κ3) is 4.75. The molecule has 0 heterocycles. The van der Waals surface area contributed by atoms with Gasteiger partial charge in [0.05, 0.1) is 6.61 Å². The number of aliphatic hydroxyl groups is 1. The van der Waals surface area contributed by atoms with Gasteiger partial charge < -0.3 is 9.84 Å². The topological polar surface area (TPSA) is 32.7 Å². The smallest absolute Gasteiger partial charge is 0.123 e. The predicted molar refractivity (Wildman–Crippen MR) is 70.3 cm³/mol. The van der Waals surface area contributed by atoms with Crippen LogP contribution < -0.4 is 4.74 Å². The van der Waals surface area contributed by atoms with Gasteiger partial charge in [-0.15, -0.1) is 0 Å². The van der Waals surface area contributed by atoms with Crippen LogP contribution in [0, 0.1) is 0 Å². The number of aliphatic hydroxyl groups excluding tert-OH is 1. The Morgan fingerprint density at radius 1 is 1.24 bits per heavy atom. The first-order valence-corrected chi connectivity index (χ1v) is 6.35. The molecule has 0 radical (unpaired) electrons. The predicted octanol–water partition coefficient (Wildman–Crippen LogP) is 2.29. The van der Waals surface area contributed by atoms with Crippen molar-refractivity contribution in [3.63, 3.8) is 0 Å². The maximum absolute atomic E-state index is 8.86. The van der Waals surface area contributed by atoms with E-state index < -0.39 is 0 Å². The second-order valence-corrected chi connectivity index (χ2v) is 3.99. The minimum absolute atomic E-state index is 0.254. The van der Waals surface area contributed by atoms with E-state index in [4.69, 9.17) is 9.84 Å². The van der Waals surface area contributed by atoms with Gasteiger partial charge in [0.25, 0.3) is 0 Å². The van der Waals surface area contributed by atoms with Crippen LogP contribution in [0.3, 0.4) is 0 Å². The van der Waals surface area contributed by atoms with Crippen LogP contribution in [0.15, 0.2) is 24.3 Å². The van der Waals surface area contributed by atoms with E-state index >= 15 is 0 Å². The summed E-state index contributed by atoms with van der Waals surface area (Å²) < 4.78 is 5.61. The van der Waals surface area contributed by atoms with Gasteiger partial charge >= 0.3 is 0 Å². The molecule has 0 fully saturated rings. The number of hydrogen-bond donors (Lipinski definition) is 1. The third-order valence-electron chi connectivity index (χ3n) is 2.75. The summed E-state index contributed by atoms with van der Waals surface area (Å²) in [4.78, 5) is 2.31. The summed E-state index contributed by atoms with van der Waals surface area (Å²) >= 11 is 0. The van der Waals surface area contributed by atoms with Crippen molar-refractivity contribution in [2.24, 2.45) is 0 Å². The van der Waals surface area contributed by atoms with Crippen molar-refractivity contribution in [3.05, 3.63) is 29.8 Å². The lowest BCUT2D eigenvalue weighted by atomic mass is 10.2. The molecule has 0 aliphatic heterocycles. The summed E-state index contributed by atoms with van der Waals surface area (Å²) in [5.41, 5.74) is 1.22. The number of para-hydroxylation sites is 1. The summed E-state index contributed by atoms with van der Waals surface area (Å²) in [5, 5.41) is 8.86. The van der Waals surface area contributed by atoms with Gasteiger partial charge in [-0.05, 0) is 26.0 Å². The molecule has 0 unspecified atom stereocenters. The molecule has 0 spiro atoms. The first-order chi connectivity index (χ1) is 8.31. The van der Waals surface area contributed by atoms with Gasteiger partial charge in [-0.25, -0.2) is 0 Å². The molecule has 17 heavy (non-hydrogen) atoms. The fourth-order valence-electron chi connectivity index (χ4n) is 1.81. The summed E-state index contributed by atoms with van der Waals surface area (Å²) in [7, 11) is 0. The molecule has 0 atom stereocenters. The van der Waals surface area contributed by atoms with Crippen LogP contribution in [0.5, 0.6) is 5.75 Å². The van der Waals surface area contributed by atoms with E-state index in [0.29, 0.717) is 6.61 Å². The van der Waals surface area contributed by atoms with Crippen molar-refractivity contribution in [3.8, 4) is 5.75 Å². The molecule has 1 N–H and O–H groups in total. The van der Waals surface area contributed by atoms with Crippen molar-refractivity contribution < 1.29 is 9.84 Å². The second-order valence-electron chi connectivity index (χ2n) is 3.99. The Hall–Kier alpha value is -1.06. The molecular formula is C14H23NO2. The van der Waals surface area contributed by atoms with Crippen LogP contribution in [0.2, 0.25) is 0 Å². The molecule has 0 saturated heterocycles. The Morgan fingerprint density at radius 2 is 2.00 bits per heavy atom. The fraction of sp³-hybridized carbons (Fsp3) is 0.571. The van der Waals surface area contributed by atoms with E-state index in [1.54, 1.807) is 0 Å². The lowest BCUT2D eigenvalue weighted by molar-refractivity contribution is 0.222. The van der Waals surface area contributed by atoms with Crippen LogP contribution >= 0.6 is 0 Å². The SMILES string of the molecule is CCOc1ccccc1CN(CC)CCCO. The minimum Gasteiger partial charge on any atom is -0.494 e. The monoisotopic (exact) mass is 237 g/mol. The molecule has 0 aliphatic carbocycles. The van der Waals surface area contributed by atoms with Crippen molar-refractivity contribution in [1.82, 2.24) is 4.90 Å². The van der Waals surface area contributed by atoms with Crippen LogP contribution in [0.4, 0.5) is 0 Å². The second kappa shape index (κ2) is 8.09. The summed E-state index contributed by atoms with van der Waals surface area (Å²) in [5.74, 6) is 0.970. The van der Waals surface area contributed by atoms with E-state index in [0.717, 1.165) is 31.8 Å². The zero-order valence-electron chi connectivity index (χ0n) is 10.9. The van der Waals surface area contributed by atoms with E-state index in [-0.39, 0.29) is 6.61 Å². The van der Waals surface area contributed by atoms with Gasteiger partial charge in [0, 0.05) is 25.3 Å². The average molecular weight is 237 g/mol. The Labute approximate surface area is 104 Å². The summed E-state index contributed by atoms with van der Waals surface area (Å²) in [6, 6.07) is 8.15. The highest BCUT2D eigenvalue weighted by molar-refractivity contribution is 5.33. The molecule has 0 aromatic heterocycles. The van der Waals surface area contributed by atoms with Gasteiger partial charge in [-0.3, -0.25) is 4.90 Å². The number of rotatable bonds is 8. The number of nitrogens with zero attached hydrogens (tertiary/aromatic N) is 1. The number of benzene rings is 1. The van der Waals surface area contributed by atoms with Gasteiger partial charge in [0.15, 0.2) is 0 Å². The van der Waals surface area contributed by atoms with Crippen LogP contribution in [-0.4, -0.2) is 36.3 Å². The molecule has 1 aromatic rings. The van der Waals surface area contributed by atoms with Crippen molar-refractivity contribution in [1.29, 1.82) is 0 Å². The van der Waals surface area contributed by atoms with E-state index in [1.165, 1.54) is 5.56 Å². The molecule has 3 heteroatoms. The maximum atomic E-state index is 8.86. The third-order valence-corrected chi connectivity index (χ3v) is 2.75. The largest absolute Gasteiger partial charge is 0.494 e. The van der Waals surface area contributed by atoms with Gasteiger partial charge in [-0.1, -0.05) is 25.1 Å². The molecule has 3 nitrogen and oxygen atoms in total. The average Bonchev–Trinajstić information content (AvgIpc) is 2.36. The maximum Gasteiger partial charge on any atom is 0.123 e. The Morgan fingerprint density at radius 3 is 2.65 bits per heavy atom. The van der Waals surface area contributed by atoms with Crippen LogP contribution in [0.1, 0.15) is 25.8 Å². The van der Waals surface area contributed by atoms with Crippen LogP contribution in [-0.2, 0) is 6.54 Å². The Kier molecular flexibility index (Phi) is 6.67. The first-order valence-electron chi connectivity index (χ1n) is 6.35. The summed E-state index contributed by atoms with van der Waals surface area (Å²) in [6.07, 6.45) is 0.824. The zero-order chi connectivity index (χ0) is 12.5. The van der Waals surface area contributed by atoms with Gasteiger partial charge in [-0.2, -0.15) is 0 Å². The minimum atomic E-state index is 0.254. The molecule has 0 amide bonds. The quantitative estimate of drug-likeness (QED) is 0.753. The number of hydrogen-bond acceptors (Lipinski definition) is 3. The lowest BCUT2D eigenvalue weighted by Gasteiger charge is -2.21. The molecule has 1 rings (SSSR count). The zero-order valence-corrected chi connectivity index (χ0v) is 10.9. The highest BCUT2D eigenvalue weighted by Gasteiger charge is 2.07. The molecule has 1 aromatic carbocycles. The van der Waals surface area contributed by atoms with E-state index in [2.05, 4.69) is 17.9 Å². The Balaban J connectivity index is 2.64. The van der Waals surface area contributed by atoms with Crippen LogP contribution in [0.25, 0.3) is 0 Å². The normalized spacial score (nSPS) is 10.8. The first kappa shape index (κ1) is 14.0. The van der Waals surface area contributed by atoms with E-state index in [1.807, 2.05) is 25.1 Å². The lowest BCUT2D eigenvalue weighted by Crippen LogP contribution is -2.25. The highest BCUT2D eigenvalue weighted by atomic mass is 16.5. The van der Waals surface area contributed by atoms with Gasteiger partial charge in [0.2, 0.25) is 0 Å². The molecular weight excluding hydrogens is 214 g/mol.